The summed E-state index contributed by atoms with van der Waals surface area (Å²) in [5.74, 6) is -2.64. The predicted molar refractivity (Wildman–Crippen MR) is 76.5 cm³/mol. The van der Waals surface area contributed by atoms with Gasteiger partial charge in [-0.3, -0.25) is 4.79 Å². The molecule has 0 bridgehead atoms. The highest BCUT2D eigenvalue weighted by molar-refractivity contribution is 5.79. The van der Waals surface area contributed by atoms with E-state index in [1.54, 1.807) is 4.90 Å². The van der Waals surface area contributed by atoms with E-state index in [1.807, 2.05) is 0 Å². The van der Waals surface area contributed by atoms with Crippen LogP contribution in [-0.2, 0) is 14.3 Å². The Morgan fingerprint density at radius 2 is 1.70 bits per heavy atom. The van der Waals surface area contributed by atoms with E-state index in [4.69, 9.17) is 9.47 Å². The Hall–Kier alpha value is -0.820. The quantitative estimate of drug-likeness (QED) is 0.779. The Kier molecular flexibility index (Phi) is 5.16. The van der Waals surface area contributed by atoms with Gasteiger partial charge in [0.25, 0.3) is 0 Å². The summed E-state index contributed by atoms with van der Waals surface area (Å²) in [7, 11) is 0. The fourth-order valence-electron chi connectivity index (χ4n) is 4.13. The van der Waals surface area contributed by atoms with E-state index in [0.717, 1.165) is 12.8 Å². The molecule has 3 aliphatic rings. The number of carbonyl (C=O) groups excluding carboxylic acids is 1. The van der Waals surface area contributed by atoms with Gasteiger partial charge in [0.15, 0.2) is 6.29 Å². The Labute approximate surface area is 134 Å². The Bertz CT molecular complexity index is 423. The lowest BCUT2D eigenvalue weighted by atomic mass is 9.77. The molecule has 3 unspecified atom stereocenters. The maximum absolute atomic E-state index is 13.2. The molecule has 0 aromatic carbocycles. The second-order valence-corrected chi connectivity index (χ2v) is 6.84. The number of piperidine rings is 1. The van der Waals surface area contributed by atoms with Crippen LogP contribution in [-0.4, -0.2) is 49.6 Å². The number of ether oxygens (including phenoxy) is 2. The van der Waals surface area contributed by atoms with Crippen molar-refractivity contribution in [1.29, 1.82) is 0 Å². The molecule has 2 heterocycles. The number of likely N-dealkylation sites (tertiary alicyclic amines) is 1. The monoisotopic (exact) mass is 335 g/mol. The number of nitrogens with zero attached hydrogens (tertiary/aromatic N) is 1. The van der Waals surface area contributed by atoms with E-state index >= 15 is 0 Å². The van der Waals surface area contributed by atoms with Crippen molar-refractivity contribution in [3.63, 3.8) is 0 Å². The second-order valence-electron chi connectivity index (χ2n) is 6.84. The maximum Gasteiger partial charge on any atom is 0.392 e. The number of amides is 1. The van der Waals surface area contributed by atoms with E-state index in [1.165, 1.54) is 0 Å². The fraction of sp³-hybridized carbons (Fsp3) is 0.938. The molecule has 4 nitrogen and oxygen atoms in total. The summed E-state index contributed by atoms with van der Waals surface area (Å²) in [5.41, 5.74) is 0. The van der Waals surface area contributed by atoms with Crippen molar-refractivity contribution >= 4 is 5.91 Å². The summed E-state index contributed by atoms with van der Waals surface area (Å²) in [6, 6.07) is 0. The minimum absolute atomic E-state index is 0.0723. The molecule has 0 radical (unpaired) electrons. The van der Waals surface area contributed by atoms with Crippen molar-refractivity contribution in [2.75, 3.05) is 26.3 Å². The summed E-state index contributed by atoms with van der Waals surface area (Å²) in [6.45, 7) is 2.09. The van der Waals surface area contributed by atoms with Gasteiger partial charge in [-0.1, -0.05) is 12.8 Å². The third-order valence-electron chi connectivity index (χ3n) is 5.31. The molecule has 3 fully saturated rings. The molecule has 0 N–H and O–H groups in total. The first-order chi connectivity index (χ1) is 11.0. The third kappa shape index (κ3) is 3.82. The first-order valence-electron chi connectivity index (χ1n) is 8.55. The zero-order chi connectivity index (χ0) is 16.4. The zero-order valence-electron chi connectivity index (χ0n) is 13.2. The van der Waals surface area contributed by atoms with E-state index in [0.29, 0.717) is 45.6 Å². The number of alkyl halides is 3. The van der Waals surface area contributed by atoms with Gasteiger partial charge in [-0.15, -0.1) is 0 Å². The number of carbonyl (C=O) groups is 1. The highest BCUT2D eigenvalue weighted by Gasteiger charge is 2.49. The first kappa shape index (κ1) is 17.0. The second kappa shape index (κ2) is 6.97. The minimum Gasteiger partial charge on any atom is -0.350 e. The molecule has 0 aromatic heterocycles. The standard InChI is InChI=1S/C16H24F3NO3/c17-16(18,19)13-6-2-1-5-12(13)14(21)20-7-3-4-11(10-20)15-22-8-9-23-15/h11-13,15H,1-10H2. The maximum atomic E-state index is 13.2. The smallest absolute Gasteiger partial charge is 0.350 e. The fourth-order valence-corrected chi connectivity index (χ4v) is 4.13. The van der Waals surface area contributed by atoms with Crippen LogP contribution in [0.25, 0.3) is 0 Å². The van der Waals surface area contributed by atoms with Crippen LogP contribution in [0.1, 0.15) is 38.5 Å². The van der Waals surface area contributed by atoms with E-state index in [-0.39, 0.29) is 24.5 Å². The molecule has 0 aromatic rings. The molecule has 2 saturated heterocycles. The summed E-state index contributed by atoms with van der Waals surface area (Å²) in [4.78, 5) is 14.3. The van der Waals surface area contributed by atoms with Crippen molar-refractivity contribution in [2.24, 2.45) is 17.8 Å². The summed E-state index contributed by atoms with van der Waals surface area (Å²) >= 11 is 0. The van der Waals surface area contributed by atoms with Crippen LogP contribution in [0.4, 0.5) is 13.2 Å². The number of halogens is 3. The largest absolute Gasteiger partial charge is 0.392 e. The molecular weight excluding hydrogens is 311 g/mol. The van der Waals surface area contributed by atoms with Crippen molar-refractivity contribution in [3.05, 3.63) is 0 Å². The average molecular weight is 335 g/mol. The van der Waals surface area contributed by atoms with Crippen LogP contribution in [0, 0.1) is 17.8 Å². The van der Waals surface area contributed by atoms with Crippen molar-refractivity contribution < 1.29 is 27.4 Å². The van der Waals surface area contributed by atoms with Crippen molar-refractivity contribution in [1.82, 2.24) is 4.90 Å². The zero-order valence-corrected chi connectivity index (χ0v) is 13.2. The highest BCUT2D eigenvalue weighted by Crippen LogP contribution is 2.42. The molecule has 1 aliphatic carbocycles. The van der Waals surface area contributed by atoms with E-state index in [9.17, 15) is 18.0 Å². The molecule has 1 saturated carbocycles. The predicted octanol–water partition coefficient (Wildman–Crippen LogP) is 2.97. The summed E-state index contributed by atoms with van der Waals surface area (Å²) in [6.07, 6.45) is -1.23. The Morgan fingerprint density at radius 1 is 1.00 bits per heavy atom. The van der Waals surface area contributed by atoms with Crippen molar-refractivity contribution in [3.8, 4) is 0 Å². The van der Waals surface area contributed by atoms with Gasteiger partial charge < -0.3 is 14.4 Å². The average Bonchev–Trinajstić information content (AvgIpc) is 3.08. The summed E-state index contributed by atoms with van der Waals surface area (Å²) in [5, 5.41) is 0. The van der Waals surface area contributed by atoms with Gasteiger partial charge in [0.2, 0.25) is 5.91 Å². The van der Waals surface area contributed by atoms with Crippen LogP contribution in [0.15, 0.2) is 0 Å². The molecule has 0 spiro atoms. The van der Waals surface area contributed by atoms with Gasteiger partial charge in [0.05, 0.1) is 19.1 Å². The number of hydrogen-bond donors (Lipinski definition) is 0. The van der Waals surface area contributed by atoms with Gasteiger partial charge in [0.1, 0.15) is 0 Å². The molecule has 3 rings (SSSR count). The Morgan fingerprint density at radius 3 is 2.39 bits per heavy atom. The van der Waals surface area contributed by atoms with Crippen LogP contribution in [0.3, 0.4) is 0 Å². The van der Waals surface area contributed by atoms with Gasteiger partial charge in [0, 0.05) is 24.9 Å². The van der Waals surface area contributed by atoms with Crippen LogP contribution >= 0.6 is 0 Å². The minimum atomic E-state index is -4.28. The van der Waals surface area contributed by atoms with Crippen LogP contribution in [0.5, 0.6) is 0 Å². The first-order valence-corrected chi connectivity index (χ1v) is 8.55. The Balaban J connectivity index is 1.65. The molecule has 7 heteroatoms. The lowest BCUT2D eigenvalue weighted by molar-refractivity contribution is -0.202. The number of hydrogen-bond acceptors (Lipinski definition) is 3. The molecule has 2 aliphatic heterocycles. The third-order valence-corrected chi connectivity index (χ3v) is 5.31. The van der Waals surface area contributed by atoms with Crippen LogP contribution in [0.2, 0.25) is 0 Å². The van der Waals surface area contributed by atoms with Gasteiger partial charge >= 0.3 is 6.18 Å². The number of rotatable bonds is 2. The molecule has 1 amide bonds. The molecule has 23 heavy (non-hydrogen) atoms. The molecule has 132 valence electrons. The van der Waals surface area contributed by atoms with Crippen LogP contribution < -0.4 is 0 Å². The normalized spacial score (nSPS) is 33.9. The highest BCUT2D eigenvalue weighted by atomic mass is 19.4. The summed E-state index contributed by atoms with van der Waals surface area (Å²) < 4.78 is 50.7. The van der Waals surface area contributed by atoms with Gasteiger partial charge in [-0.2, -0.15) is 13.2 Å². The van der Waals surface area contributed by atoms with Gasteiger partial charge in [-0.05, 0) is 25.7 Å². The van der Waals surface area contributed by atoms with Crippen molar-refractivity contribution in [2.45, 2.75) is 51.0 Å². The molecular formula is C16H24F3NO3. The topological polar surface area (TPSA) is 38.8 Å². The van der Waals surface area contributed by atoms with E-state index < -0.39 is 18.0 Å². The lowest BCUT2D eigenvalue weighted by Crippen LogP contribution is -2.49. The lowest BCUT2D eigenvalue weighted by Gasteiger charge is -2.39. The SMILES string of the molecule is O=C(C1CCCCC1C(F)(F)F)N1CCCC(C2OCCO2)C1. The molecule has 3 atom stereocenters. The van der Waals surface area contributed by atoms with Gasteiger partial charge in [-0.25, -0.2) is 0 Å². The van der Waals surface area contributed by atoms with E-state index in [2.05, 4.69) is 0 Å².